The van der Waals surface area contributed by atoms with Crippen LogP contribution in [0.15, 0.2) is 47.1 Å². The molecule has 0 bridgehead atoms. The number of aromatic nitrogens is 1. The first-order valence-electron chi connectivity index (χ1n) is 6.90. The van der Waals surface area contributed by atoms with Gasteiger partial charge in [0.2, 0.25) is 0 Å². The number of hydrogen-bond acceptors (Lipinski definition) is 1. The Morgan fingerprint density at radius 3 is 2.55 bits per heavy atom. The Morgan fingerprint density at radius 1 is 1.25 bits per heavy atom. The maximum Gasteiger partial charge on any atom is 0.274 e. The Balaban J connectivity index is 2.34. The van der Waals surface area contributed by atoms with Crippen LogP contribution in [-0.4, -0.2) is 17.0 Å². The smallest absolute Gasteiger partial charge is 0.274 e. The molecule has 0 fully saturated rings. The van der Waals surface area contributed by atoms with Crippen LogP contribution in [0, 0.1) is 0 Å². The molecule has 1 amide bonds. The summed E-state index contributed by atoms with van der Waals surface area (Å²) < 4.78 is 2.95. The average molecular weight is 335 g/mol. The van der Waals surface area contributed by atoms with Gasteiger partial charge in [0.05, 0.1) is 0 Å². The molecular weight excluding hydrogens is 316 g/mol. The van der Waals surface area contributed by atoms with Gasteiger partial charge in [-0.05, 0) is 47.5 Å². The van der Waals surface area contributed by atoms with E-state index >= 15 is 0 Å². The van der Waals surface area contributed by atoms with E-state index < -0.39 is 0 Å². The Labute approximate surface area is 128 Å². The van der Waals surface area contributed by atoms with Gasteiger partial charge in [-0.3, -0.25) is 4.79 Å². The minimum absolute atomic E-state index is 0.0397. The molecule has 106 valence electrons. The fourth-order valence-corrected chi connectivity index (χ4v) is 2.73. The second kappa shape index (κ2) is 6.75. The van der Waals surface area contributed by atoms with E-state index in [9.17, 15) is 4.79 Å². The SMILES string of the molecule is CCCn1cc(Br)cc1C(=O)N(CC)c1ccccc1. The lowest BCUT2D eigenvalue weighted by Crippen LogP contribution is -2.32. The number of rotatable bonds is 5. The first-order chi connectivity index (χ1) is 9.67. The summed E-state index contributed by atoms with van der Waals surface area (Å²) in [5.74, 6) is 0.0397. The molecule has 0 aliphatic heterocycles. The summed E-state index contributed by atoms with van der Waals surface area (Å²) in [6.07, 6.45) is 2.97. The van der Waals surface area contributed by atoms with Gasteiger partial charge in [-0.1, -0.05) is 25.1 Å². The van der Waals surface area contributed by atoms with Crippen LogP contribution >= 0.6 is 15.9 Å². The number of anilines is 1. The molecule has 0 aliphatic rings. The predicted molar refractivity (Wildman–Crippen MR) is 86.2 cm³/mol. The number of nitrogens with zero attached hydrogens (tertiary/aromatic N) is 2. The van der Waals surface area contributed by atoms with Crippen LogP contribution in [0.3, 0.4) is 0 Å². The molecule has 0 radical (unpaired) electrons. The summed E-state index contributed by atoms with van der Waals surface area (Å²) in [6, 6.07) is 11.7. The Kier molecular flexibility index (Phi) is 5.01. The van der Waals surface area contributed by atoms with E-state index in [1.807, 2.05) is 54.1 Å². The molecule has 2 rings (SSSR count). The van der Waals surface area contributed by atoms with Gasteiger partial charge in [0.15, 0.2) is 0 Å². The molecular formula is C16H19BrN2O. The number of carbonyl (C=O) groups is 1. The zero-order valence-corrected chi connectivity index (χ0v) is 13.4. The molecule has 20 heavy (non-hydrogen) atoms. The summed E-state index contributed by atoms with van der Waals surface area (Å²) in [7, 11) is 0. The number of amides is 1. The lowest BCUT2D eigenvalue weighted by molar-refractivity contribution is 0.0979. The molecule has 1 aromatic carbocycles. The van der Waals surface area contributed by atoms with Crippen molar-refractivity contribution in [2.75, 3.05) is 11.4 Å². The number of aryl methyl sites for hydroxylation is 1. The van der Waals surface area contributed by atoms with Gasteiger partial charge in [0.1, 0.15) is 5.69 Å². The van der Waals surface area contributed by atoms with E-state index in [4.69, 9.17) is 0 Å². The highest BCUT2D eigenvalue weighted by Crippen LogP contribution is 2.21. The van der Waals surface area contributed by atoms with Crippen LogP contribution in [0.2, 0.25) is 0 Å². The van der Waals surface area contributed by atoms with E-state index in [-0.39, 0.29) is 5.91 Å². The molecule has 2 aromatic rings. The zero-order valence-electron chi connectivity index (χ0n) is 11.8. The topological polar surface area (TPSA) is 25.2 Å². The minimum atomic E-state index is 0.0397. The van der Waals surface area contributed by atoms with Crippen LogP contribution in [0.1, 0.15) is 30.8 Å². The standard InChI is InChI=1S/C16H19BrN2O/c1-3-10-18-12-13(17)11-15(18)16(20)19(4-2)14-8-6-5-7-9-14/h5-9,11-12H,3-4,10H2,1-2H3. The largest absolute Gasteiger partial charge is 0.342 e. The van der Waals surface area contributed by atoms with Crippen LogP contribution < -0.4 is 4.90 Å². The summed E-state index contributed by atoms with van der Waals surface area (Å²) in [6.45, 7) is 5.60. The van der Waals surface area contributed by atoms with Gasteiger partial charge in [0.25, 0.3) is 5.91 Å². The van der Waals surface area contributed by atoms with E-state index in [2.05, 4.69) is 22.9 Å². The summed E-state index contributed by atoms with van der Waals surface area (Å²) in [4.78, 5) is 14.6. The van der Waals surface area contributed by atoms with Gasteiger partial charge >= 0.3 is 0 Å². The minimum Gasteiger partial charge on any atom is -0.342 e. The molecule has 0 saturated heterocycles. The van der Waals surface area contributed by atoms with Crippen LogP contribution in [0.5, 0.6) is 0 Å². The number of carbonyl (C=O) groups excluding carboxylic acids is 1. The zero-order chi connectivity index (χ0) is 14.5. The van der Waals surface area contributed by atoms with Crippen molar-refractivity contribution in [3.8, 4) is 0 Å². The van der Waals surface area contributed by atoms with E-state index in [1.54, 1.807) is 4.90 Å². The Morgan fingerprint density at radius 2 is 1.95 bits per heavy atom. The van der Waals surface area contributed by atoms with Gasteiger partial charge in [-0.15, -0.1) is 0 Å². The van der Waals surface area contributed by atoms with Crippen molar-refractivity contribution in [1.29, 1.82) is 0 Å². The first kappa shape index (κ1) is 14.9. The first-order valence-corrected chi connectivity index (χ1v) is 7.69. The number of para-hydroxylation sites is 1. The molecule has 0 unspecified atom stereocenters. The molecule has 0 saturated carbocycles. The van der Waals surface area contributed by atoms with Crippen molar-refractivity contribution in [2.45, 2.75) is 26.8 Å². The highest BCUT2D eigenvalue weighted by molar-refractivity contribution is 9.10. The average Bonchev–Trinajstić information content (AvgIpc) is 2.82. The van der Waals surface area contributed by atoms with Crippen molar-refractivity contribution in [1.82, 2.24) is 4.57 Å². The monoisotopic (exact) mass is 334 g/mol. The fraction of sp³-hybridized carbons (Fsp3) is 0.312. The van der Waals surface area contributed by atoms with E-state index in [0.29, 0.717) is 6.54 Å². The fourth-order valence-electron chi connectivity index (χ4n) is 2.27. The van der Waals surface area contributed by atoms with Gasteiger partial charge in [-0.25, -0.2) is 0 Å². The second-order valence-electron chi connectivity index (χ2n) is 4.62. The lowest BCUT2D eigenvalue weighted by Gasteiger charge is -2.21. The van der Waals surface area contributed by atoms with Crippen molar-refractivity contribution in [3.63, 3.8) is 0 Å². The van der Waals surface area contributed by atoms with Gasteiger partial charge in [0, 0.05) is 29.4 Å². The lowest BCUT2D eigenvalue weighted by atomic mass is 10.2. The third kappa shape index (κ3) is 3.12. The molecule has 1 aromatic heterocycles. The van der Waals surface area contributed by atoms with E-state index in [0.717, 1.165) is 28.8 Å². The van der Waals surface area contributed by atoms with Crippen molar-refractivity contribution in [3.05, 3.63) is 52.8 Å². The number of benzene rings is 1. The third-order valence-corrected chi connectivity index (χ3v) is 3.61. The summed E-state index contributed by atoms with van der Waals surface area (Å²) >= 11 is 3.46. The highest BCUT2D eigenvalue weighted by Gasteiger charge is 2.19. The van der Waals surface area contributed by atoms with Crippen molar-refractivity contribution in [2.24, 2.45) is 0 Å². The number of halogens is 1. The maximum absolute atomic E-state index is 12.8. The third-order valence-electron chi connectivity index (χ3n) is 3.18. The molecule has 1 heterocycles. The second-order valence-corrected chi connectivity index (χ2v) is 5.54. The van der Waals surface area contributed by atoms with Gasteiger partial charge in [-0.2, -0.15) is 0 Å². The molecule has 0 N–H and O–H groups in total. The van der Waals surface area contributed by atoms with E-state index in [1.165, 1.54) is 0 Å². The van der Waals surface area contributed by atoms with Crippen molar-refractivity contribution >= 4 is 27.5 Å². The van der Waals surface area contributed by atoms with Crippen LogP contribution in [0.25, 0.3) is 0 Å². The maximum atomic E-state index is 12.8. The van der Waals surface area contributed by atoms with Gasteiger partial charge < -0.3 is 9.47 Å². The molecule has 0 spiro atoms. The number of hydrogen-bond donors (Lipinski definition) is 0. The molecule has 0 atom stereocenters. The predicted octanol–water partition coefficient (Wildman–Crippen LogP) is 4.33. The normalized spacial score (nSPS) is 10.6. The highest BCUT2D eigenvalue weighted by atomic mass is 79.9. The summed E-state index contributed by atoms with van der Waals surface area (Å²) in [5.41, 5.74) is 1.66. The molecule has 3 nitrogen and oxygen atoms in total. The Bertz CT molecular complexity index is 577. The van der Waals surface area contributed by atoms with Crippen LogP contribution in [0.4, 0.5) is 5.69 Å². The van der Waals surface area contributed by atoms with Crippen LogP contribution in [-0.2, 0) is 6.54 Å². The Hall–Kier alpha value is -1.55. The quantitative estimate of drug-likeness (QED) is 0.798. The summed E-state index contributed by atoms with van der Waals surface area (Å²) in [5, 5.41) is 0. The molecule has 4 heteroatoms. The molecule has 0 aliphatic carbocycles. The van der Waals surface area contributed by atoms with Crippen molar-refractivity contribution < 1.29 is 4.79 Å².